The summed E-state index contributed by atoms with van der Waals surface area (Å²) in [6.07, 6.45) is -0.0557. The lowest BCUT2D eigenvalue weighted by atomic mass is 10.2. The predicted molar refractivity (Wildman–Crippen MR) is 107 cm³/mol. The molecule has 0 saturated carbocycles. The van der Waals surface area contributed by atoms with Crippen LogP contribution in [0.15, 0.2) is 36.5 Å². The maximum atomic E-state index is 14.1. The van der Waals surface area contributed by atoms with Gasteiger partial charge >= 0.3 is 6.09 Å². The number of aromatic nitrogens is 5. The summed E-state index contributed by atoms with van der Waals surface area (Å²) < 4.78 is 34.1. The molecule has 0 unspecified atom stereocenters. The number of rotatable bonds is 5. The van der Waals surface area contributed by atoms with E-state index >= 15 is 0 Å². The van der Waals surface area contributed by atoms with Crippen molar-refractivity contribution < 1.29 is 18.3 Å². The normalized spacial score (nSPS) is 11.0. The molecule has 4 aromatic rings. The molecule has 12 heteroatoms. The van der Waals surface area contributed by atoms with E-state index in [1.165, 1.54) is 16.8 Å². The summed E-state index contributed by atoms with van der Waals surface area (Å²) >= 11 is 0. The van der Waals surface area contributed by atoms with Gasteiger partial charge in [-0.05, 0) is 12.1 Å². The largest absolute Gasteiger partial charge is 0.410 e. The fourth-order valence-corrected chi connectivity index (χ4v) is 3.10. The van der Waals surface area contributed by atoms with Gasteiger partial charge in [0.2, 0.25) is 5.75 Å². The van der Waals surface area contributed by atoms with Crippen molar-refractivity contribution in [3.05, 3.63) is 65.2 Å². The van der Waals surface area contributed by atoms with Gasteiger partial charge in [-0.1, -0.05) is 18.2 Å². The maximum Gasteiger partial charge on any atom is 0.410 e. The number of carbonyl (C=O) groups is 1. The number of fused-ring (bicyclic) bond motifs is 1. The van der Waals surface area contributed by atoms with Gasteiger partial charge in [0.15, 0.2) is 17.3 Å². The molecule has 0 saturated heterocycles. The number of halogens is 2. The fraction of sp³-hybridized carbons (Fsp3) is 0.105. The Kier molecular flexibility index (Phi) is 5.03. The molecule has 0 aliphatic carbocycles. The van der Waals surface area contributed by atoms with Crippen molar-refractivity contribution in [2.75, 3.05) is 11.5 Å². The van der Waals surface area contributed by atoms with Crippen molar-refractivity contribution >= 4 is 28.8 Å². The Hall–Kier alpha value is -4.35. The van der Waals surface area contributed by atoms with Crippen LogP contribution in [0.5, 0.6) is 5.75 Å². The topological polar surface area (TPSA) is 161 Å². The molecule has 0 spiro atoms. The van der Waals surface area contributed by atoms with Crippen LogP contribution in [-0.4, -0.2) is 30.8 Å². The van der Waals surface area contributed by atoms with E-state index < -0.39 is 17.7 Å². The first-order valence-electron chi connectivity index (χ1n) is 8.95. The Morgan fingerprint density at radius 3 is 2.52 bits per heavy atom. The van der Waals surface area contributed by atoms with E-state index in [4.69, 9.17) is 21.9 Å². The van der Waals surface area contributed by atoms with Crippen LogP contribution in [0.4, 0.5) is 25.2 Å². The highest BCUT2D eigenvalue weighted by atomic mass is 19.1. The zero-order valence-corrected chi connectivity index (χ0v) is 15.9. The Labute approximate surface area is 173 Å². The second kappa shape index (κ2) is 7.82. The molecule has 4 rings (SSSR count). The number of pyridine rings is 1. The average Bonchev–Trinajstić information content (AvgIpc) is 3.03. The van der Waals surface area contributed by atoms with E-state index in [-0.39, 0.29) is 36.2 Å². The highest BCUT2D eigenvalue weighted by Crippen LogP contribution is 2.27. The van der Waals surface area contributed by atoms with E-state index in [9.17, 15) is 13.6 Å². The summed E-state index contributed by atoms with van der Waals surface area (Å²) in [4.78, 5) is 23.1. The van der Waals surface area contributed by atoms with Gasteiger partial charge in [-0.2, -0.15) is 5.10 Å². The smallest absolute Gasteiger partial charge is 0.403 e. The SMILES string of the molecule is NC(=O)Oc1c(N)nc(Cc2nn(Cc3ccccc3F)c3ncc(F)cc23)nc1N. The first-order valence-corrected chi connectivity index (χ1v) is 8.95. The second-order valence-corrected chi connectivity index (χ2v) is 6.56. The van der Waals surface area contributed by atoms with Gasteiger partial charge in [-0.25, -0.2) is 33.2 Å². The lowest BCUT2D eigenvalue weighted by molar-refractivity contribution is 0.211. The number of nitrogens with two attached hydrogens (primary N) is 3. The zero-order chi connectivity index (χ0) is 22.1. The number of carbonyl (C=O) groups excluding carboxylic acids is 1. The van der Waals surface area contributed by atoms with E-state index in [0.29, 0.717) is 22.3 Å². The van der Waals surface area contributed by atoms with Gasteiger partial charge < -0.3 is 21.9 Å². The standard InChI is InChI=1S/C19H16F2N8O2/c20-10-5-11-13(6-14-26-16(22)15(17(23)27-14)31-19(24)30)28-29(18(11)25-7-10)8-9-3-1-2-4-12(9)21/h1-5,7H,6,8H2,(H2,24,30)(H4,22,23,26,27). The van der Waals surface area contributed by atoms with Gasteiger partial charge in [-0.3, -0.25) is 0 Å². The third-order valence-corrected chi connectivity index (χ3v) is 4.40. The first-order chi connectivity index (χ1) is 14.8. The Morgan fingerprint density at radius 2 is 1.84 bits per heavy atom. The lowest BCUT2D eigenvalue weighted by Gasteiger charge is -2.08. The summed E-state index contributed by atoms with van der Waals surface area (Å²) in [7, 11) is 0. The van der Waals surface area contributed by atoms with Crippen LogP contribution in [0, 0.1) is 11.6 Å². The average molecular weight is 426 g/mol. The lowest BCUT2D eigenvalue weighted by Crippen LogP contribution is -2.19. The highest BCUT2D eigenvalue weighted by molar-refractivity contribution is 5.79. The molecule has 1 aromatic carbocycles. The fourth-order valence-electron chi connectivity index (χ4n) is 3.10. The van der Waals surface area contributed by atoms with Gasteiger partial charge in [0.25, 0.3) is 0 Å². The van der Waals surface area contributed by atoms with E-state index in [1.54, 1.807) is 18.2 Å². The molecule has 31 heavy (non-hydrogen) atoms. The molecule has 158 valence electrons. The molecule has 0 atom stereocenters. The number of benzene rings is 1. The molecule has 3 heterocycles. The minimum absolute atomic E-state index is 0.0111. The third-order valence-electron chi connectivity index (χ3n) is 4.40. The van der Waals surface area contributed by atoms with Gasteiger partial charge in [0, 0.05) is 10.9 Å². The number of nitrogens with zero attached hydrogens (tertiary/aromatic N) is 5. The molecule has 0 radical (unpaired) electrons. The molecular formula is C19H16F2N8O2. The van der Waals surface area contributed by atoms with Gasteiger partial charge in [0.05, 0.1) is 24.9 Å². The number of hydrogen-bond donors (Lipinski definition) is 3. The van der Waals surface area contributed by atoms with Crippen LogP contribution in [0.3, 0.4) is 0 Å². The molecule has 0 aliphatic rings. The molecule has 10 nitrogen and oxygen atoms in total. The van der Waals surface area contributed by atoms with E-state index in [2.05, 4.69) is 20.1 Å². The van der Waals surface area contributed by atoms with Crippen molar-refractivity contribution in [2.45, 2.75) is 13.0 Å². The van der Waals surface area contributed by atoms with Crippen LogP contribution in [0.2, 0.25) is 0 Å². The molecule has 0 fully saturated rings. The van der Waals surface area contributed by atoms with Crippen LogP contribution in [-0.2, 0) is 13.0 Å². The van der Waals surface area contributed by atoms with Crippen LogP contribution in [0.1, 0.15) is 17.1 Å². The number of anilines is 2. The summed E-state index contributed by atoms with van der Waals surface area (Å²) in [5, 5.41) is 4.84. The van der Waals surface area contributed by atoms with E-state index in [1.807, 2.05) is 0 Å². The molecule has 3 aromatic heterocycles. The van der Waals surface area contributed by atoms with Crippen LogP contribution < -0.4 is 21.9 Å². The first kappa shape index (κ1) is 19.9. The molecule has 1 amide bonds. The number of nitrogen functional groups attached to an aromatic ring is 2. The third kappa shape index (κ3) is 4.03. The van der Waals surface area contributed by atoms with Crippen molar-refractivity contribution in [2.24, 2.45) is 5.73 Å². The Bertz CT molecular complexity index is 1280. The van der Waals surface area contributed by atoms with Gasteiger partial charge in [0.1, 0.15) is 17.5 Å². The Balaban J connectivity index is 1.74. The molecular weight excluding hydrogens is 410 g/mol. The minimum atomic E-state index is -1.12. The van der Waals surface area contributed by atoms with Gasteiger partial charge in [-0.15, -0.1) is 0 Å². The zero-order valence-electron chi connectivity index (χ0n) is 15.9. The van der Waals surface area contributed by atoms with Crippen molar-refractivity contribution in [1.82, 2.24) is 24.7 Å². The molecule has 0 bridgehead atoms. The summed E-state index contributed by atoms with van der Waals surface area (Å²) in [5.74, 6) is -1.46. The maximum absolute atomic E-state index is 14.1. The molecule has 0 aliphatic heterocycles. The Morgan fingerprint density at radius 1 is 1.13 bits per heavy atom. The summed E-state index contributed by atoms with van der Waals surface area (Å²) in [6, 6.07) is 7.50. The van der Waals surface area contributed by atoms with Crippen molar-refractivity contribution in [1.29, 1.82) is 0 Å². The summed E-state index contributed by atoms with van der Waals surface area (Å²) in [6.45, 7) is 0.0817. The summed E-state index contributed by atoms with van der Waals surface area (Å²) in [5.41, 5.74) is 17.7. The quantitative estimate of drug-likeness (QED) is 0.435. The number of hydrogen-bond acceptors (Lipinski definition) is 8. The van der Waals surface area contributed by atoms with Crippen LogP contribution >= 0.6 is 0 Å². The minimum Gasteiger partial charge on any atom is -0.403 e. The highest BCUT2D eigenvalue weighted by Gasteiger charge is 2.19. The number of primary amides is 1. The van der Waals surface area contributed by atoms with E-state index in [0.717, 1.165) is 6.20 Å². The predicted octanol–water partition coefficient (Wildman–Crippen LogP) is 1.76. The monoisotopic (exact) mass is 426 g/mol. The van der Waals surface area contributed by atoms with Crippen molar-refractivity contribution in [3.63, 3.8) is 0 Å². The molecule has 6 N–H and O–H groups in total. The van der Waals surface area contributed by atoms with Crippen LogP contribution in [0.25, 0.3) is 11.0 Å². The second-order valence-electron chi connectivity index (χ2n) is 6.56. The number of ether oxygens (including phenoxy) is 1. The van der Waals surface area contributed by atoms with Crippen molar-refractivity contribution in [3.8, 4) is 5.75 Å². The number of amides is 1.